The molecule has 1 rings (SSSR count). The van der Waals surface area contributed by atoms with E-state index < -0.39 is 19.2 Å². The van der Waals surface area contributed by atoms with Crippen LogP contribution in [0.4, 0.5) is 13.2 Å². The monoisotopic (exact) mass is 329 g/mol. The Balaban J connectivity index is 2.81. The summed E-state index contributed by atoms with van der Waals surface area (Å²) < 4.78 is 41.6. The van der Waals surface area contributed by atoms with Crippen molar-refractivity contribution in [3.63, 3.8) is 0 Å². The lowest BCUT2D eigenvalue weighted by Crippen LogP contribution is -2.22. The van der Waals surface area contributed by atoms with E-state index >= 15 is 0 Å². The van der Waals surface area contributed by atoms with E-state index in [1.165, 1.54) is 6.07 Å². The molecule has 0 amide bonds. The molecule has 0 heterocycles. The quantitative estimate of drug-likeness (QED) is 0.807. The van der Waals surface area contributed by atoms with E-state index in [-0.39, 0.29) is 16.8 Å². The van der Waals surface area contributed by atoms with Crippen molar-refractivity contribution in [3.8, 4) is 5.75 Å². The molecule has 0 saturated carbocycles. The number of hydrogen-bond donors (Lipinski definition) is 1. The Morgan fingerprint density at radius 2 is 1.90 bits per heavy atom. The van der Waals surface area contributed by atoms with Gasteiger partial charge in [0.05, 0.1) is 18.1 Å². The molecule has 0 aromatic heterocycles. The van der Waals surface area contributed by atoms with Gasteiger partial charge in [0.25, 0.3) is 0 Å². The zero-order chi connectivity index (χ0) is 15.3. The van der Waals surface area contributed by atoms with Crippen molar-refractivity contribution in [1.29, 1.82) is 0 Å². The lowest BCUT2D eigenvalue weighted by molar-refractivity contribution is -0.139. The van der Waals surface area contributed by atoms with Gasteiger partial charge in [-0.3, -0.25) is 0 Å². The number of halogens is 5. The maximum Gasteiger partial charge on any atom is 0.392 e. The fraction of sp³-hybridized carbons (Fsp3) is 0.538. The summed E-state index contributed by atoms with van der Waals surface area (Å²) in [6, 6.07) is 3.30. The minimum atomic E-state index is -4.25. The van der Waals surface area contributed by atoms with Crippen LogP contribution in [0.2, 0.25) is 10.0 Å². The molecule has 0 bridgehead atoms. The van der Waals surface area contributed by atoms with Crippen LogP contribution in [-0.4, -0.2) is 18.8 Å². The second kappa shape index (κ2) is 7.38. The molecular weight excluding hydrogens is 314 g/mol. The molecule has 0 saturated heterocycles. The summed E-state index contributed by atoms with van der Waals surface area (Å²) >= 11 is 11.9. The minimum absolute atomic E-state index is 0.209. The topological polar surface area (TPSA) is 21.3 Å². The lowest BCUT2D eigenvalue weighted by Gasteiger charge is -2.16. The van der Waals surface area contributed by atoms with E-state index in [4.69, 9.17) is 27.9 Å². The second-order valence-electron chi connectivity index (χ2n) is 4.63. The van der Waals surface area contributed by atoms with Crippen molar-refractivity contribution in [3.05, 3.63) is 27.7 Å². The summed E-state index contributed by atoms with van der Waals surface area (Å²) in [4.78, 5) is 0. The molecule has 2 nitrogen and oxygen atoms in total. The van der Waals surface area contributed by atoms with Gasteiger partial charge in [0.2, 0.25) is 0 Å². The molecule has 0 aliphatic heterocycles. The third-order valence-corrected chi connectivity index (χ3v) is 2.92. The van der Waals surface area contributed by atoms with Gasteiger partial charge in [0.1, 0.15) is 5.75 Å². The smallest absolute Gasteiger partial charge is 0.392 e. The number of alkyl halides is 3. The van der Waals surface area contributed by atoms with Crippen molar-refractivity contribution in [2.75, 3.05) is 6.61 Å². The van der Waals surface area contributed by atoms with Gasteiger partial charge in [0.15, 0.2) is 0 Å². The molecule has 1 N–H and O–H groups in total. The van der Waals surface area contributed by atoms with E-state index in [1.54, 1.807) is 6.07 Å². The Morgan fingerprint density at radius 1 is 1.25 bits per heavy atom. The summed E-state index contributed by atoms with van der Waals surface area (Å²) in [6.07, 6.45) is -5.28. The summed E-state index contributed by atoms with van der Waals surface area (Å²) in [6.45, 7) is 3.85. The molecule has 0 radical (unpaired) electrons. The standard InChI is InChI=1S/C13H16Cl2F3NO/c1-8(2)19-7-9-5-10(14)6-11(15)12(9)20-4-3-13(16,17)18/h5-6,8,19H,3-4,7H2,1-2H3. The van der Waals surface area contributed by atoms with Gasteiger partial charge in [-0.25, -0.2) is 0 Å². The molecule has 0 aliphatic rings. The second-order valence-corrected chi connectivity index (χ2v) is 5.47. The zero-order valence-electron chi connectivity index (χ0n) is 11.2. The van der Waals surface area contributed by atoms with Gasteiger partial charge in [-0.1, -0.05) is 37.0 Å². The van der Waals surface area contributed by atoms with E-state index in [9.17, 15) is 13.2 Å². The Labute approximate surface area is 126 Å². The number of ether oxygens (including phenoxy) is 1. The molecule has 0 fully saturated rings. The van der Waals surface area contributed by atoms with Crippen LogP contribution in [0.3, 0.4) is 0 Å². The number of rotatable bonds is 6. The van der Waals surface area contributed by atoms with Crippen LogP contribution in [-0.2, 0) is 6.54 Å². The van der Waals surface area contributed by atoms with E-state index in [1.807, 2.05) is 13.8 Å². The van der Waals surface area contributed by atoms with Crippen LogP contribution in [0.15, 0.2) is 12.1 Å². The van der Waals surface area contributed by atoms with Crippen LogP contribution >= 0.6 is 23.2 Å². The van der Waals surface area contributed by atoms with Gasteiger partial charge in [-0.15, -0.1) is 0 Å². The third-order valence-electron chi connectivity index (χ3n) is 2.42. The SMILES string of the molecule is CC(C)NCc1cc(Cl)cc(Cl)c1OCCC(F)(F)F. The van der Waals surface area contributed by atoms with Crippen LogP contribution in [0, 0.1) is 0 Å². The first-order chi connectivity index (χ1) is 9.19. The summed E-state index contributed by atoms with van der Waals surface area (Å²) in [5.41, 5.74) is 0.637. The number of hydrogen-bond acceptors (Lipinski definition) is 2. The first-order valence-corrected chi connectivity index (χ1v) is 6.85. The first-order valence-electron chi connectivity index (χ1n) is 6.10. The average molecular weight is 330 g/mol. The van der Waals surface area contributed by atoms with Crippen LogP contribution in [0.5, 0.6) is 5.75 Å². The van der Waals surface area contributed by atoms with Gasteiger partial charge in [-0.05, 0) is 12.1 Å². The minimum Gasteiger partial charge on any atom is -0.491 e. The predicted octanol–water partition coefficient (Wildman–Crippen LogP) is 4.82. The normalized spacial score (nSPS) is 12.0. The molecule has 1 aromatic rings. The summed E-state index contributed by atoms with van der Waals surface area (Å²) in [7, 11) is 0. The fourth-order valence-electron chi connectivity index (χ4n) is 1.49. The lowest BCUT2D eigenvalue weighted by atomic mass is 10.2. The Kier molecular flexibility index (Phi) is 6.43. The van der Waals surface area contributed by atoms with Crippen molar-refractivity contribution in [2.45, 2.75) is 39.0 Å². The highest BCUT2D eigenvalue weighted by Crippen LogP contribution is 2.33. The van der Waals surface area contributed by atoms with E-state index in [0.29, 0.717) is 17.1 Å². The molecule has 20 heavy (non-hydrogen) atoms. The maximum absolute atomic E-state index is 12.1. The highest BCUT2D eigenvalue weighted by atomic mass is 35.5. The highest BCUT2D eigenvalue weighted by Gasteiger charge is 2.27. The van der Waals surface area contributed by atoms with Crippen molar-refractivity contribution in [2.24, 2.45) is 0 Å². The molecule has 114 valence electrons. The third kappa shape index (κ3) is 6.20. The summed E-state index contributed by atoms with van der Waals surface area (Å²) in [5, 5.41) is 3.77. The largest absolute Gasteiger partial charge is 0.491 e. The van der Waals surface area contributed by atoms with Crippen molar-refractivity contribution >= 4 is 23.2 Å². The predicted molar refractivity (Wildman–Crippen MR) is 74.6 cm³/mol. The van der Waals surface area contributed by atoms with E-state index in [2.05, 4.69) is 5.32 Å². The zero-order valence-corrected chi connectivity index (χ0v) is 12.7. The molecular formula is C13H16Cl2F3NO. The average Bonchev–Trinajstić information content (AvgIpc) is 2.27. The molecule has 0 spiro atoms. The Bertz CT molecular complexity index is 450. The van der Waals surface area contributed by atoms with Gasteiger partial charge >= 0.3 is 6.18 Å². The fourth-order valence-corrected chi connectivity index (χ4v) is 2.08. The molecule has 0 atom stereocenters. The molecule has 1 aromatic carbocycles. The van der Waals surface area contributed by atoms with Crippen LogP contribution in [0.25, 0.3) is 0 Å². The number of nitrogens with one attached hydrogen (secondary N) is 1. The molecule has 0 unspecified atom stereocenters. The Hall–Kier alpha value is -0.650. The van der Waals surface area contributed by atoms with Crippen molar-refractivity contribution in [1.82, 2.24) is 5.32 Å². The molecule has 0 aliphatic carbocycles. The van der Waals surface area contributed by atoms with E-state index in [0.717, 1.165) is 0 Å². The van der Waals surface area contributed by atoms with Gasteiger partial charge in [-0.2, -0.15) is 13.2 Å². The van der Waals surface area contributed by atoms with Crippen LogP contribution < -0.4 is 10.1 Å². The first kappa shape index (κ1) is 17.4. The van der Waals surface area contributed by atoms with Crippen molar-refractivity contribution < 1.29 is 17.9 Å². The Morgan fingerprint density at radius 3 is 2.45 bits per heavy atom. The number of benzene rings is 1. The maximum atomic E-state index is 12.1. The highest BCUT2D eigenvalue weighted by molar-refractivity contribution is 6.35. The molecule has 7 heteroatoms. The van der Waals surface area contributed by atoms with Crippen LogP contribution in [0.1, 0.15) is 25.8 Å². The summed E-state index contributed by atoms with van der Waals surface area (Å²) in [5.74, 6) is 0.244. The van der Waals surface area contributed by atoms with Gasteiger partial charge in [0, 0.05) is 23.2 Å². The van der Waals surface area contributed by atoms with Gasteiger partial charge < -0.3 is 10.1 Å².